The van der Waals surface area contributed by atoms with E-state index in [0.717, 1.165) is 12.8 Å². The Bertz CT molecular complexity index is 655. The highest BCUT2D eigenvalue weighted by atomic mass is 16.3. The van der Waals surface area contributed by atoms with Crippen LogP contribution >= 0.6 is 0 Å². The molecule has 1 saturated carbocycles. The molecule has 0 radical (unpaired) electrons. The van der Waals surface area contributed by atoms with Crippen molar-refractivity contribution >= 4 is 11.8 Å². The van der Waals surface area contributed by atoms with Crippen LogP contribution in [0.1, 0.15) is 52.2 Å². The molecular weight excluding hydrogens is 322 g/mol. The fraction of sp³-hybridized carbons (Fsp3) is 0.765. The van der Waals surface area contributed by atoms with Gasteiger partial charge in [-0.05, 0) is 25.2 Å². The van der Waals surface area contributed by atoms with E-state index in [1.807, 2.05) is 6.92 Å². The molecule has 2 rings (SSSR count). The molecule has 0 aliphatic heterocycles. The number of nitrogens with one attached hydrogen (secondary N) is 1. The molecular formula is C17H29N5O3. The summed E-state index contributed by atoms with van der Waals surface area (Å²) >= 11 is 0. The van der Waals surface area contributed by atoms with Crippen molar-refractivity contribution in [2.75, 3.05) is 13.2 Å². The minimum Gasteiger partial charge on any atom is -0.394 e. The van der Waals surface area contributed by atoms with Crippen molar-refractivity contribution in [2.45, 2.75) is 58.9 Å². The highest BCUT2D eigenvalue weighted by Gasteiger charge is 2.57. The number of carbonyl (C=O) groups excluding carboxylic acids is 2. The Hall–Kier alpha value is -1.96. The van der Waals surface area contributed by atoms with Gasteiger partial charge in [0.05, 0.1) is 19.6 Å². The quantitative estimate of drug-likeness (QED) is 0.644. The number of nitrogens with two attached hydrogens (primary N) is 1. The zero-order valence-corrected chi connectivity index (χ0v) is 15.5. The smallest absolute Gasteiger partial charge is 0.225 e. The van der Waals surface area contributed by atoms with E-state index in [9.17, 15) is 14.7 Å². The number of primary amides is 1. The molecule has 1 aromatic rings. The van der Waals surface area contributed by atoms with Gasteiger partial charge in [-0.2, -0.15) is 5.10 Å². The number of rotatable bonds is 7. The Morgan fingerprint density at radius 3 is 2.64 bits per heavy atom. The zero-order valence-electron chi connectivity index (χ0n) is 15.5. The fourth-order valence-electron chi connectivity index (χ4n) is 3.94. The molecule has 25 heavy (non-hydrogen) atoms. The van der Waals surface area contributed by atoms with E-state index in [4.69, 9.17) is 5.73 Å². The van der Waals surface area contributed by atoms with E-state index >= 15 is 0 Å². The van der Waals surface area contributed by atoms with Crippen LogP contribution in [-0.2, 0) is 28.0 Å². The van der Waals surface area contributed by atoms with Crippen LogP contribution in [0, 0.1) is 11.3 Å². The van der Waals surface area contributed by atoms with Crippen molar-refractivity contribution in [1.29, 1.82) is 0 Å². The lowest BCUT2D eigenvalue weighted by Crippen LogP contribution is -2.45. The molecule has 0 unspecified atom stereocenters. The average Bonchev–Trinajstić information content (AvgIpc) is 2.99. The van der Waals surface area contributed by atoms with Gasteiger partial charge in [0.15, 0.2) is 5.82 Å². The topological polar surface area (TPSA) is 123 Å². The molecule has 2 atom stereocenters. The average molecular weight is 351 g/mol. The third kappa shape index (κ3) is 3.40. The van der Waals surface area contributed by atoms with Gasteiger partial charge in [0.1, 0.15) is 5.82 Å². The van der Waals surface area contributed by atoms with Crippen molar-refractivity contribution in [3.63, 3.8) is 0 Å². The summed E-state index contributed by atoms with van der Waals surface area (Å²) in [5.74, 6) is 0.492. The van der Waals surface area contributed by atoms with E-state index in [1.165, 1.54) is 0 Å². The molecule has 0 bridgehead atoms. The SMILES string of the molecule is CCNC(=O)[C@H]1CC[C@@](C)(c2nc(CC(N)=O)nn2CCO)C1(C)C. The summed E-state index contributed by atoms with van der Waals surface area (Å²) in [4.78, 5) is 28.3. The monoisotopic (exact) mass is 351 g/mol. The Balaban J connectivity index is 2.43. The van der Waals surface area contributed by atoms with Gasteiger partial charge in [0.2, 0.25) is 11.8 Å². The minimum absolute atomic E-state index is 0.0400. The lowest BCUT2D eigenvalue weighted by molar-refractivity contribution is -0.128. The Morgan fingerprint density at radius 2 is 2.08 bits per heavy atom. The largest absolute Gasteiger partial charge is 0.394 e. The first-order valence-corrected chi connectivity index (χ1v) is 8.78. The van der Waals surface area contributed by atoms with Gasteiger partial charge in [-0.15, -0.1) is 0 Å². The van der Waals surface area contributed by atoms with E-state index in [-0.39, 0.29) is 30.3 Å². The number of aliphatic hydroxyl groups excluding tert-OH is 1. The van der Waals surface area contributed by atoms with Crippen LogP contribution in [0.3, 0.4) is 0 Å². The van der Waals surface area contributed by atoms with Gasteiger partial charge in [-0.25, -0.2) is 9.67 Å². The van der Waals surface area contributed by atoms with Gasteiger partial charge in [0, 0.05) is 17.9 Å². The molecule has 4 N–H and O–H groups in total. The van der Waals surface area contributed by atoms with E-state index in [1.54, 1.807) is 4.68 Å². The summed E-state index contributed by atoms with van der Waals surface area (Å²) in [6.45, 7) is 8.95. The number of aromatic nitrogens is 3. The van der Waals surface area contributed by atoms with Crippen molar-refractivity contribution in [3.8, 4) is 0 Å². The Morgan fingerprint density at radius 1 is 1.40 bits per heavy atom. The first-order valence-electron chi connectivity index (χ1n) is 8.78. The summed E-state index contributed by atoms with van der Waals surface area (Å²) in [7, 11) is 0. The molecule has 1 aromatic heterocycles. The minimum atomic E-state index is -0.497. The first-order chi connectivity index (χ1) is 11.7. The zero-order chi connectivity index (χ0) is 18.8. The molecule has 8 heteroatoms. The number of carbonyl (C=O) groups is 2. The molecule has 1 heterocycles. The van der Waals surface area contributed by atoms with Gasteiger partial charge in [0.25, 0.3) is 0 Å². The molecule has 0 saturated heterocycles. The van der Waals surface area contributed by atoms with Crippen LogP contribution in [0.5, 0.6) is 0 Å². The van der Waals surface area contributed by atoms with Crippen molar-refractivity contribution in [3.05, 3.63) is 11.6 Å². The predicted molar refractivity (Wildman–Crippen MR) is 92.5 cm³/mol. The summed E-state index contributed by atoms with van der Waals surface area (Å²) in [6.07, 6.45) is 1.50. The van der Waals surface area contributed by atoms with Crippen LogP contribution in [0.15, 0.2) is 0 Å². The summed E-state index contributed by atoms with van der Waals surface area (Å²) < 4.78 is 1.65. The second-order valence-corrected chi connectivity index (χ2v) is 7.48. The van der Waals surface area contributed by atoms with Crippen LogP contribution in [0.25, 0.3) is 0 Å². The van der Waals surface area contributed by atoms with Gasteiger partial charge >= 0.3 is 0 Å². The highest BCUT2D eigenvalue weighted by molar-refractivity contribution is 5.80. The number of nitrogens with zero attached hydrogens (tertiary/aromatic N) is 3. The third-order valence-electron chi connectivity index (χ3n) is 5.75. The highest BCUT2D eigenvalue weighted by Crippen LogP contribution is 2.56. The molecule has 0 aromatic carbocycles. The molecule has 2 amide bonds. The summed E-state index contributed by atoms with van der Waals surface area (Å²) in [5, 5.41) is 16.6. The summed E-state index contributed by atoms with van der Waals surface area (Å²) in [6, 6.07) is 0. The fourth-order valence-corrected chi connectivity index (χ4v) is 3.94. The first kappa shape index (κ1) is 19.4. The van der Waals surface area contributed by atoms with Crippen molar-refractivity contribution in [1.82, 2.24) is 20.1 Å². The van der Waals surface area contributed by atoms with E-state index in [2.05, 4.69) is 36.2 Å². The normalized spacial score (nSPS) is 25.1. The molecule has 1 aliphatic rings. The van der Waals surface area contributed by atoms with Gasteiger partial charge in [-0.1, -0.05) is 20.8 Å². The second-order valence-electron chi connectivity index (χ2n) is 7.48. The lowest BCUT2D eigenvalue weighted by Gasteiger charge is -2.40. The second kappa shape index (κ2) is 7.11. The number of aliphatic hydroxyl groups is 1. The third-order valence-corrected chi connectivity index (χ3v) is 5.75. The Labute approximate surface area is 148 Å². The maximum atomic E-state index is 12.5. The molecule has 0 spiro atoms. The Kier molecular flexibility index (Phi) is 5.51. The molecule has 8 nitrogen and oxygen atoms in total. The van der Waals surface area contributed by atoms with Crippen LogP contribution in [-0.4, -0.2) is 44.8 Å². The number of hydrogen-bond donors (Lipinski definition) is 3. The van der Waals surface area contributed by atoms with Crippen LogP contribution < -0.4 is 11.1 Å². The van der Waals surface area contributed by atoms with Gasteiger partial charge in [-0.3, -0.25) is 9.59 Å². The predicted octanol–water partition coefficient (Wildman–Crippen LogP) is 0.128. The van der Waals surface area contributed by atoms with Crippen molar-refractivity contribution < 1.29 is 14.7 Å². The molecule has 1 aliphatic carbocycles. The molecule has 1 fully saturated rings. The van der Waals surface area contributed by atoms with Gasteiger partial charge < -0.3 is 16.2 Å². The molecule has 140 valence electrons. The van der Waals surface area contributed by atoms with E-state index in [0.29, 0.717) is 24.7 Å². The lowest BCUT2D eigenvalue weighted by atomic mass is 9.65. The standard InChI is InChI=1S/C17H29N5O3/c1-5-19-14(25)11-6-7-17(4,16(11,2)3)15-20-13(10-12(18)24)21-22(15)8-9-23/h11,23H,5-10H2,1-4H3,(H2,18,24)(H,19,25)/t11-,17+/m1/s1. The van der Waals surface area contributed by atoms with Crippen LogP contribution in [0.4, 0.5) is 0 Å². The maximum Gasteiger partial charge on any atom is 0.225 e. The van der Waals surface area contributed by atoms with E-state index < -0.39 is 11.3 Å². The van der Waals surface area contributed by atoms with Crippen molar-refractivity contribution in [2.24, 2.45) is 17.1 Å². The number of amides is 2. The number of hydrogen-bond acceptors (Lipinski definition) is 5. The summed E-state index contributed by atoms with van der Waals surface area (Å²) in [5.41, 5.74) is 4.51. The van der Waals surface area contributed by atoms with Crippen LogP contribution in [0.2, 0.25) is 0 Å². The maximum absolute atomic E-state index is 12.5.